The van der Waals surface area contributed by atoms with Crippen molar-refractivity contribution in [3.05, 3.63) is 34.9 Å². The summed E-state index contributed by atoms with van der Waals surface area (Å²) >= 11 is 0. The average Bonchev–Trinajstić information content (AvgIpc) is 2.37. The van der Waals surface area contributed by atoms with E-state index in [9.17, 15) is 14.4 Å². The van der Waals surface area contributed by atoms with E-state index in [4.69, 9.17) is 0 Å². The van der Waals surface area contributed by atoms with Crippen LogP contribution in [0.1, 0.15) is 33.2 Å². The molecule has 96 valence electrons. The molecule has 0 amide bonds. The topological polar surface area (TPSA) is 69.7 Å². The molecule has 0 fully saturated rings. The summed E-state index contributed by atoms with van der Waals surface area (Å²) in [4.78, 5) is 34.3. The number of hydrogen-bond donors (Lipinski definition) is 0. The number of ketones is 1. The lowest BCUT2D eigenvalue weighted by molar-refractivity contribution is -0.137. The second kappa shape index (κ2) is 5.95. The van der Waals surface area contributed by atoms with Crippen molar-refractivity contribution in [3.63, 3.8) is 0 Å². The van der Waals surface area contributed by atoms with Gasteiger partial charge in [-0.3, -0.25) is 4.79 Å². The molecule has 18 heavy (non-hydrogen) atoms. The second-order valence-electron chi connectivity index (χ2n) is 3.57. The van der Waals surface area contributed by atoms with Crippen molar-refractivity contribution in [3.8, 4) is 0 Å². The van der Waals surface area contributed by atoms with Crippen LogP contribution in [0.3, 0.4) is 0 Å². The standard InChI is InChI=1S/C13H14O5/c1-4-18-13(16)11(14)10-6-5-9(7-8(10)2)12(15)17-3/h5-7H,4H2,1-3H3. The van der Waals surface area contributed by atoms with Gasteiger partial charge in [-0.1, -0.05) is 0 Å². The first kappa shape index (κ1) is 13.9. The molecule has 1 aromatic rings. The molecule has 0 aliphatic carbocycles. The maximum absolute atomic E-state index is 11.7. The Morgan fingerprint density at radius 3 is 2.39 bits per heavy atom. The number of benzene rings is 1. The van der Waals surface area contributed by atoms with Gasteiger partial charge in [-0.05, 0) is 37.6 Å². The summed E-state index contributed by atoms with van der Waals surface area (Å²) < 4.78 is 9.19. The Kier molecular flexibility index (Phi) is 4.59. The number of Topliss-reactive ketones (excluding diaryl/α,β-unsaturated/α-hetero) is 1. The molecule has 0 saturated carbocycles. The van der Waals surface area contributed by atoms with Gasteiger partial charge in [-0.25, -0.2) is 9.59 Å². The molecule has 0 aliphatic heterocycles. The zero-order valence-electron chi connectivity index (χ0n) is 10.5. The molecule has 0 aromatic heterocycles. The fourth-order valence-corrected chi connectivity index (χ4v) is 1.47. The maximum atomic E-state index is 11.7. The molecule has 0 saturated heterocycles. The second-order valence-corrected chi connectivity index (χ2v) is 3.57. The van der Waals surface area contributed by atoms with Crippen molar-refractivity contribution in [2.75, 3.05) is 13.7 Å². The third-order valence-corrected chi connectivity index (χ3v) is 2.35. The Morgan fingerprint density at radius 2 is 1.89 bits per heavy atom. The van der Waals surface area contributed by atoms with Gasteiger partial charge in [-0.15, -0.1) is 0 Å². The van der Waals surface area contributed by atoms with Gasteiger partial charge in [-0.2, -0.15) is 0 Å². The van der Waals surface area contributed by atoms with Gasteiger partial charge in [0.2, 0.25) is 0 Å². The highest BCUT2D eigenvalue weighted by atomic mass is 16.5. The van der Waals surface area contributed by atoms with E-state index in [1.807, 2.05) is 0 Å². The molecule has 0 aliphatic rings. The number of hydrogen-bond acceptors (Lipinski definition) is 5. The van der Waals surface area contributed by atoms with Crippen LogP contribution in [0.25, 0.3) is 0 Å². The van der Waals surface area contributed by atoms with Crippen LogP contribution in [0.4, 0.5) is 0 Å². The minimum Gasteiger partial charge on any atom is -0.465 e. The van der Waals surface area contributed by atoms with E-state index >= 15 is 0 Å². The first-order valence-electron chi connectivity index (χ1n) is 5.41. The fourth-order valence-electron chi connectivity index (χ4n) is 1.47. The molecule has 0 bridgehead atoms. The van der Waals surface area contributed by atoms with Gasteiger partial charge in [0, 0.05) is 5.56 Å². The molecule has 0 heterocycles. The summed E-state index contributed by atoms with van der Waals surface area (Å²) in [5.41, 5.74) is 1.08. The minimum absolute atomic E-state index is 0.143. The van der Waals surface area contributed by atoms with E-state index in [-0.39, 0.29) is 12.2 Å². The van der Waals surface area contributed by atoms with Crippen LogP contribution in [0.15, 0.2) is 18.2 Å². The molecule has 0 unspecified atom stereocenters. The molecule has 0 radical (unpaired) electrons. The summed E-state index contributed by atoms with van der Waals surface area (Å²) in [7, 11) is 1.27. The first-order chi connectivity index (χ1) is 8.51. The number of methoxy groups -OCH3 is 1. The van der Waals surface area contributed by atoms with Crippen molar-refractivity contribution >= 4 is 17.7 Å². The van der Waals surface area contributed by atoms with Gasteiger partial charge in [0.25, 0.3) is 5.78 Å². The van der Waals surface area contributed by atoms with Gasteiger partial charge < -0.3 is 9.47 Å². The maximum Gasteiger partial charge on any atom is 0.379 e. The van der Waals surface area contributed by atoms with E-state index < -0.39 is 17.7 Å². The lowest BCUT2D eigenvalue weighted by Gasteiger charge is -2.06. The van der Waals surface area contributed by atoms with E-state index in [2.05, 4.69) is 9.47 Å². The molecule has 0 N–H and O–H groups in total. The van der Waals surface area contributed by atoms with Crippen LogP contribution in [-0.2, 0) is 14.3 Å². The van der Waals surface area contributed by atoms with Crippen molar-refractivity contribution in [2.24, 2.45) is 0 Å². The zero-order valence-corrected chi connectivity index (χ0v) is 10.5. The normalized spacial score (nSPS) is 9.72. The quantitative estimate of drug-likeness (QED) is 0.460. The Labute approximate surface area is 105 Å². The lowest BCUT2D eigenvalue weighted by Crippen LogP contribution is -2.18. The van der Waals surface area contributed by atoms with Crippen LogP contribution >= 0.6 is 0 Å². The third kappa shape index (κ3) is 2.94. The van der Waals surface area contributed by atoms with Crippen LogP contribution < -0.4 is 0 Å². The number of carbonyl (C=O) groups is 3. The summed E-state index contributed by atoms with van der Waals surface area (Å²) in [6.45, 7) is 3.40. The highest BCUT2D eigenvalue weighted by Crippen LogP contribution is 2.13. The molecule has 1 aromatic carbocycles. The number of rotatable bonds is 4. The van der Waals surface area contributed by atoms with Gasteiger partial charge in [0.05, 0.1) is 19.3 Å². The Bertz CT molecular complexity index is 490. The van der Waals surface area contributed by atoms with Crippen LogP contribution in [0.5, 0.6) is 0 Å². The van der Waals surface area contributed by atoms with Gasteiger partial charge in [0.15, 0.2) is 0 Å². The van der Waals surface area contributed by atoms with Crippen molar-refractivity contribution in [2.45, 2.75) is 13.8 Å². The zero-order chi connectivity index (χ0) is 13.7. The minimum atomic E-state index is -0.897. The summed E-state index contributed by atoms with van der Waals surface area (Å²) in [5, 5.41) is 0. The molecule has 5 heteroatoms. The number of carbonyl (C=O) groups excluding carboxylic acids is 3. The smallest absolute Gasteiger partial charge is 0.379 e. The molecular weight excluding hydrogens is 236 g/mol. The molecule has 5 nitrogen and oxygen atoms in total. The average molecular weight is 250 g/mol. The van der Waals surface area contributed by atoms with E-state index in [0.717, 1.165) is 0 Å². The highest BCUT2D eigenvalue weighted by Gasteiger charge is 2.20. The van der Waals surface area contributed by atoms with Crippen molar-refractivity contribution in [1.82, 2.24) is 0 Å². The molecule has 0 spiro atoms. The van der Waals surface area contributed by atoms with Crippen LogP contribution in [0.2, 0.25) is 0 Å². The van der Waals surface area contributed by atoms with Crippen LogP contribution in [-0.4, -0.2) is 31.4 Å². The van der Waals surface area contributed by atoms with E-state index in [1.54, 1.807) is 13.8 Å². The molecule has 0 atom stereocenters. The molecule has 1 rings (SSSR count). The predicted octanol–water partition coefficient (Wildman–Crippen LogP) is 1.53. The number of esters is 2. The van der Waals surface area contributed by atoms with E-state index in [1.165, 1.54) is 25.3 Å². The summed E-state index contributed by atoms with van der Waals surface area (Å²) in [5.74, 6) is -2.11. The fraction of sp³-hybridized carbons (Fsp3) is 0.308. The van der Waals surface area contributed by atoms with Crippen molar-refractivity contribution in [1.29, 1.82) is 0 Å². The highest BCUT2D eigenvalue weighted by molar-refractivity contribution is 6.41. The van der Waals surface area contributed by atoms with E-state index in [0.29, 0.717) is 11.1 Å². The summed E-state index contributed by atoms with van der Waals surface area (Å²) in [6.07, 6.45) is 0. The van der Waals surface area contributed by atoms with Gasteiger partial charge in [0.1, 0.15) is 0 Å². The predicted molar refractivity (Wildman–Crippen MR) is 63.5 cm³/mol. The Balaban J connectivity index is 3.02. The third-order valence-electron chi connectivity index (χ3n) is 2.35. The molecular formula is C13H14O5. The lowest BCUT2D eigenvalue weighted by atomic mass is 10.0. The largest absolute Gasteiger partial charge is 0.465 e. The first-order valence-corrected chi connectivity index (χ1v) is 5.41. The monoisotopic (exact) mass is 250 g/mol. The summed E-state index contributed by atoms with van der Waals surface area (Å²) in [6, 6.07) is 4.35. The van der Waals surface area contributed by atoms with Crippen molar-refractivity contribution < 1.29 is 23.9 Å². The van der Waals surface area contributed by atoms with Gasteiger partial charge >= 0.3 is 11.9 Å². The number of ether oxygens (including phenoxy) is 2. The SMILES string of the molecule is CCOC(=O)C(=O)c1ccc(C(=O)OC)cc1C. The number of aryl methyl sites for hydroxylation is 1. The van der Waals surface area contributed by atoms with Crippen LogP contribution in [0, 0.1) is 6.92 Å². The Morgan fingerprint density at radius 1 is 1.22 bits per heavy atom. The Hall–Kier alpha value is -2.17.